The Morgan fingerprint density at radius 2 is 1.19 bits per heavy atom. The van der Waals surface area contributed by atoms with Crippen molar-refractivity contribution in [2.75, 3.05) is 13.2 Å². The molecule has 0 amide bonds. The smallest absolute Gasteiger partial charge is 0.239 e. The van der Waals surface area contributed by atoms with Crippen LogP contribution in [0.25, 0.3) is 22.3 Å². The summed E-state index contributed by atoms with van der Waals surface area (Å²) in [7, 11) is 0. The lowest BCUT2D eigenvalue weighted by Gasteiger charge is -2.48. The van der Waals surface area contributed by atoms with Crippen molar-refractivity contribution in [2.24, 2.45) is 0 Å². The van der Waals surface area contributed by atoms with Crippen molar-refractivity contribution in [3.8, 4) is 34.3 Å². The van der Waals surface area contributed by atoms with Gasteiger partial charge in [0.2, 0.25) is 17.5 Å². The third-order valence-electron chi connectivity index (χ3n) is 9.32. The van der Waals surface area contributed by atoms with Gasteiger partial charge in [-0.2, -0.15) is 0 Å². The van der Waals surface area contributed by atoms with Crippen LogP contribution in [-0.2, 0) is 23.7 Å². The number of rotatable bonds is 9. The molecule has 1 aromatic heterocycles. The van der Waals surface area contributed by atoms with Gasteiger partial charge in [0.1, 0.15) is 89.3 Å². The molecule has 0 aliphatic carbocycles. The summed E-state index contributed by atoms with van der Waals surface area (Å²) in [6.45, 7) is -0.354. The second kappa shape index (κ2) is 15.6. The van der Waals surface area contributed by atoms with Gasteiger partial charge in [-0.3, -0.25) is 4.79 Å². The van der Waals surface area contributed by atoms with E-state index in [4.69, 9.17) is 32.8 Å². The quantitative estimate of drug-likeness (QED) is 0.100. The lowest BCUT2D eigenvalue weighted by Crippen LogP contribution is -2.67. The maximum absolute atomic E-state index is 14.1. The Hall–Kier alpha value is -3.71. The number of phenols is 3. The molecule has 292 valence electrons. The van der Waals surface area contributed by atoms with Gasteiger partial charge in [0.15, 0.2) is 24.4 Å². The fraction of sp³-hybridized carbons (Fsp3) is 0.545. The van der Waals surface area contributed by atoms with E-state index in [0.717, 1.165) is 12.1 Å². The van der Waals surface area contributed by atoms with E-state index in [9.17, 15) is 66.1 Å². The number of aliphatic hydroxyl groups is 9. The molecule has 0 saturated carbocycles. The largest absolute Gasteiger partial charge is 0.508 e. The first kappa shape index (κ1) is 39.0. The van der Waals surface area contributed by atoms with Crippen LogP contribution in [0.4, 0.5) is 0 Å². The highest BCUT2D eigenvalue weighted by Gasteiger charge is 2.54. The van der Waals surface area contributed by atoms with E-state index in [1.807, 2.05) is 0 Å². The highest BCUT2D eigenvalue weighted by Crippen LogP contribution is 2.39. The normalized spacial score (nSPS) is 37.8. The molecule has 0 spiro atoms. The monoisotopic (exact) mass is 756 g/mol. The molecule has 0 bridgehead atoms. The average molecular weight is 757 g/mol. The number of fused-ring (bicyclic) bond motifs is 1. The predicted octanol–water partition coefficient (Wildman–Crippen LogP) is -3.57. The van der Waals surface area contributed by atoms with Gasteiger partial charge >= 0.3 is 0 Å². The summed E-state index contributed by atoms with van der Waals surface area (Å²) in [6, 6.07) is 7.12. The van der Waals surface area contributed by atoms with Gasteiger partial charge < -0.3 is 94.1 Å². The van der Waals surface area contributed by atoms with E-state index in [2.05, 4.69) is 0 Å². The molecule has 20 nitrogen and oxygen atoms in total. The minimum atomic E-state index is -2.03. The van der Waals surface area contributed by atoms with Crippen LogP contribution in [0.1, 0.15) is 6.92 Å². The summed E-state index contributed by atoms with van der Waals surface area (Å²) in [5.74, 6) is -2.31. The van der Waals surface area contributed by atoms with Crippen molar-refractivity contribution in [1.29, 1.82) is 0 Å². The minimum absolute atomic E-state index is 0.129. The van der Waals surface area contributed by atoms with Crippen LogP contribution in [0, 0.1) is 0 Å². The Morgan fingerprint density at radius 3 is 1.74 bits per heavy atom. The summed E-state index contributed by atoms with van der Waals surface area (Å²) < 4.78 is 40.8. The fourth-order valence-corrected chi connectivity index (χ4v) is 6.34. The van der Waals surface area contributed by atoms with Gasteiger partial charge in [-0.15, -0.1) is 0 Å². The number of aromatic hydroxyl groups is 3. The lowest BCUT2D eigenvalue weighted by molar-refractivity contribution is -0.382. The van der Waals surface area contributed by atoms with E-state index in [-0.39, 0.29) is 22.7 Å². The summed E-state index contributed by atoms with van der Waals surface area (Å²) in [4.78, 5) is 14.1. The number of hydrogen-bond acceptors (Lipinski definition) is 20. The third kappa shape index (κ3) is 7.39. The molecule has 3 saturated heterocycles. The first-order chi connectivity index (χ1) is 25.1. The van der Waals surface area contributed by atoms with Gasteiger partial charge in [-0.05, 0) is 31.2 Å². The Balaban J connectivity index is 1.46. The number of phenolic OH excluding ortho intramolecular Hbond substituents is 3. The van der Waals surface area contributed by atoms with E-state index in [1.165, 1.54) is 31.2 Å². The molecular formula is C33H40O20. The van der Waals surface area contributed by atoms with Crippen LogP contribution in [0.15, 0.2) is 45.6 Å². The fourth-order valence-electron chi connectivity index (χ4n) is 6.34. The molecule has 0 unspecified atom stereocenters. The van der Waals surface area contributed by atoms with Gasteiger partial charge in [0, 0.05) is 17.7 Å². The molecule has 3 aliphatic heterocycles. The average Bonchev–Trinajstić information content (AvgIpc) is 3.12. The van der Waals surface area contributed by atoms with E-state index in [1.54, 1.807) is 0 Å². The molecule has 3 fully saturated rings. The zero-order chi connectivity index (χ0) is 38.5. The van der Waals surface area contributed by atoms with Crippen LogP contribution >= 0.6 is 0 Å². The third-order valence-corrected chi connectivity index (χ3v) is 9.32. The Labute approximate surface area is 298 Å². The SMILES string of the molecule is C[C@H]1O[C@@H](Oc2c(-c3ccc(O)cc3)oc3cc(O)cc(O)c3c2=O)[C@H](O[C@H]2O[C@H](CO)[C@H](O)[C@@H](O)[C@@H]2O)[C@@H](O[C@@H]2O[C@@H](CO)[C@@H](O)[C@@H](O)[C@H]2O)[C@H]1O. The number of benzene rings is 2. The highest BCUT2D eigenvalue weighted by atomic mass is 16.8. The van der Waals surface area contributed by atoms with Crippen LogP contribution < -0.4 is 10.2 Å². The van der Waals surface area contributed by atoms with Crippen molar-refractivity contribution in [2.45, 2.75) is 99.0 Å². The molecule has 15 atom stereocenters. The van der Waals surface area contributed by atoms with Crippen LogP contribution in [0.3, 0.4) is 0 Å². The number of aliphatic hydroxyl groups excluding tert-OH is 9. The van der Waals surface area contributed by atoms with Crippen LogP contribution in [0.5, 0.6) is 23.0 Å². The first-order valence-electron chi connectivity index (χ1n) is 16.4. The molecule has 3 aliphatic rings. The molecule has 53 heavy (non-hydrogen) atoms. The standard InChI is InChI=1S/C33H40O20/c1-10-19(39)28(51-31-25(45)23(43)20(40)16(8-34)49-31)30(53-32-26(46)24(44)21(41)17(9-35)50-32)33(47-10)52-29-22(42)18-14(38)6-13(37)7-15(18)48-27(29)11-2-4-12(36)5-3-11/h2-7,10,16-17,19-21,23-26,28,30-41,43-46H,8-9H2,1H3/t10-,16+,17-,19+,20-,21+,23-,24-,25-,26+,28+,30-,31+,32-,33+/m1/s1. The van der Waals surface area contributed by atoms with E-state index >= 15 is 0 Å². The van der Waals surface area contributed by atoms with Gasteiger partial charge in [0.25, 0.3) is 0 Å². The molecule has 4 heterocycles. The Bertz CT molecular complexity index is 1780. The molecule has 6 rings (SSSR count). The zero-order valence-electron chi connectivity index (χ0n) is 27.7. The number of hydrogen-bond donors (Lipinski definition) is 12. The second-order valence-electron chi connectivity index (χ2n) is 12.9. The molecule has 12 N–H and O–H groups in total. The van der Waals surface area contributed by atoms with Crippen LogP contribution in [-0.4, -0.2) is 167 Å². The number of ether oxygens (including phenoxy) is 6. The summed E-state index contributed by atoms with van der Waals surface area (Å²) >= 11 is 0. The lowest BCUT2D eigenvalue weighted by atomic mass is 9.96. The van der Waals surface area contributed by atoms with Crippen molar-refractivity contribution in [3.05, 3.63) is 46.6 Å². The van der Waals surface area contributed by atoms with Crippen molar-refractivity contribution in [1.82, 2.24) is 0 Å². The summed E-state index contributed by atoms with van der Waals surface area (Å²) in [5, 5.41) is 124. The van der Waals surface area contributed by atoms with Gasteiger partial charge in [0.05, 0.1) is 19.3 Å². The van der Waals surface area contributed by atoms with Crippen LogP contribution in [0.2, 0.25) is 0 Å². The minimum Gasteiger partial charge on any atom is -0.508 e. The maximum atomic E-state index is 14.1. The zero-order valence-corrected chi connectivity index (χ0v) is 27.7. The van der Waals surface area contributed by atoms with E-state index in [0.29, 0.717) is 0 Å². The second-order valence-corrected chi connectivity index (χ2v) is 12.9. The van der Waals surface area contributed by atoms with Crippen molar-refractivity contribution >= 4 is 11.0 Å². The predicted molar refractivity (Wildman–Crippen MR) is 171 cm³/mol. The Kier molecular flexibility index (Phi) is 11.5. The molecule has 2 aromatic carbocycles. The topological polar surface area (TPSA) is 328 Å². The van der Waals surface area contributed by atoms with E-state index < -0.39 is 133 Å². The van der Waals surface area contributed by atoms with Crippen molar-refractivity contribution in [3.63, 3.8) is 0 Å². The van der Waals surface area contributed by atoms with Crippen molar-refractivity contribution < 1.29 is 94.1 Å². The molecular weight excluding hydrogens is 716 g/mol. The van der Waals surface area contributed by atoms with Gasteiger partial charge in [-0.25, -0.2) is 0 Å². The summed E-state index contributed by atoms with van der Waals surface area (Å²) in [5.41, 5.74) is -1.18. The summed E-state index contributed by atoms with van der Waals surface area (Å²) in [6.07, 6.45) is -26.9. The molecule has 20 heteroatoms. The maximum Gasteiger partial charge on any atom is 0.239 e. The molecule has 3 aromatic rings. The Morgan fingerprint density at radius 1 is 0.642 bits per heavy atom. The molecule has 0 radical (unpaired) electrons. The first-order valence-corrected chi connectivity index (χ1v) is 16.4. The van der Waals surface area contributed by atoms with Gasteiger partial charge in [-0.1, -0.05) is 0 Å². The highest BCUT2D eigenvalue weighted by molar-refractivity contribution is 5.88.